The zero-order chi connectivity index (χ0) is 9.94. The van der Waals surface area contributed by atoms with E-state index >= 15 is 0 Å². The minimum atomic E-state index is -0.324. The Kier molecular flexibility index (Phi) is 6.28. The molecular formula is C9H18BrNO2. The molecule has 13 heavy (non-hydrogen) atoms. The summed E-state index contributed by atoms with van der Waals surface area (Å²) in [5, 5.41) is 0. The molecule has 0 spiro atoms. The van der Waals surface area contributed by atoms with E-state index in [1.165, 1.54) is 0 Å². The fraction of sp³-hybridized carbons (Fsp3) is 0.667. The molecule has 0 aromatic heterocycles. The molecule has 0 bridgehead atoms. The molecule has 0 amide bonds. The first-order valence-corrected chi connectivity index (χ1v) is 3.92. The second-order valence-electron chi connectivity index (χ2n) is 3.90. The Hall–Kier alpha value is -0.350. The van der Waals surface area contributed by atoms with Gasteiger partial charge >= 0.3 is 5.97 Å². The van der Waals surface area contributed by atoms with Crippen molar-refractivity contribution in [3.05, 3.63) is 12.2 Å². The van der Waals surface area contributed by atoms with Gasteiger partial charge in [-0.05, 0) is 6.92 Å². The van der Waals surface area contributed by atoms with Crippen LogP contribution in [0.4, 0.5) is 0 Å². The molecule has 0 aromatic rings. The number of hydrogen-bond acceptors (Lipinski definition) is 2. The predicted molar refractivity (Wildman–Crippen MR) is 48.4 cm³/mol. The van der Waals surface area contributed by atoms with E-state index in [2.05, 4.69) is 6.58 Å². The summed E-state index contributed by atoms with van der Waals surface area (Å²) >= 11 is 0. The number of esters is 1. The molecule has 0 aliphatic heterocycles. The average molecular weight is 252 g/mol. The molecule has 1 atom stereocenters. The average Bonchev–Trinajstić information content (AvgIpc) is 1.85. The van der Waals surface area contributed by atoms with Gasteiger partial charge in [0.05, 0.1) is 21.1 Å². The fourth-order valence-corrected chi connectivity index (χ4v) is 0.414. The molecule has 1 unspecified atom stereocenters. The topological polar surface area (TPSA) is 26.3 Å². The maximum absolute atomic E-state index is 11.1. The third kappa shape index (κ3) is 5.82. The molecule has 0 radical (unpaired) electrons. The quantitative estimate of drug-likeness (QED) is 0.255. The first-order valence-electron chi connectivity index (χ1n) is 3.92. The predicted octanol–water partition coefficient (Wildman–Crippen LogP) is -1.84. The summed E-state index contributed by atoms with van der Waals surface area (Å²) in [6.45, 7) is 7.01. The highest BCUT2D eigenvalue weighted by molar-refractivity contribution is 5.86. The molecule has 0 saturated heterocycles. The lowest BCUT2D eigenvalue weighted by Gasteiger charge is -2.30. The van der Waals surface area contributed by atoms with Crippen molar-refractivity contribution in [2.45, 2.75) is 20.1 Å². The van der Waals surface area contributed by atoms with E-state index in [0.717, 1.165) is 0 Å². The van der Waals surface area contributed by atoms with Crippen LogP contribution in [0.25, 0.3) is 0 Å². The highest BCUT2D eigenvalue weighted by Gasteiger charge is 2.22. The number of ether oxygens (including phenoxy) is 1. The molecule has 0 aliphatic rings. The number of hydrogen-bond donors (Lipinski definition) is 0. The Bertz CT molecular complexity index is 196. The summed E-state index contributed by atoms with van der Waals surface area (Å²) in [5.74, 6) is -0.324. The molecule has 0 aromatic carbocycles. The SMILES string of the molecule is C=C(C)C(=O)OC(C)[N+](C)(C)C.[Br-]. The number of quaternary nitrogens is 1. The molecule has 0 N–H and O–H groups in total. The van der Waals surface area contributed by atoms with Gasteiger partial charge in [0.1, 0.15) is 0 Å². The van der Waals surface area contributed by atoms with Gasteiger partial charge in [0.15, 0.2) is 0 Å². The molecule has 0 aliphatic carbocycles. The number of carbonyl (C=O) groups excluding carboxylic acids is 1. The molecular weight excluding hydrogens is 234 g/mol. The Balaban J connectivity index is 0. The van der Waals surface area contributed by atoms with Gasteiger partial charge in [-0.2, -0.15) is 0 Å². The minimum Gasteiger partial charge on any atom is -1.00 e. The van der Waals surface area contributed by atoms with Gasteiger partial charge in [-0.1, -0.05) is 6.58 Å². The van der Waals surface area contributed by atoms with Gasteiger partial charge in [0.2, 0.25) is 6.23 Å². The molecule has 0 saturated carbocycles. The Morgan fingerprint density at radius 1 is 1.38 bits per heavy atom. The molecule has 78 valence electrons. The summed E-state index contributed by atoms with van der Waals surface area (Å²) in [7, 11) is 5.91. The highest BCUT2D eigenvalue weighted by atomic mass is 79.9. The van der Waals surface area contributed by atoms with Crippen molar-refractivity contribution in [1.29, 1.82) is 0 Å². The smallest absolute Gasteiger partial charge is 0.337 e. The van der Waals surface area contributed by atoms with Crippen molar-refractivity contribution in [2.75, 3.05) is 21.1 Å². The molecule has 0 rings (SSSR count). The van der Waals surface area contributed by atoms with Gasteiger partial charge < -0.3 is 21.7 Å². The van der Waals surface area contributed by atoms with Crippen LogP contribution in [0.5, 0.6) is 0 Å². The zero-order valence-electron chi connectivity index (χ0n) is 8.93. The Morgan fingerprint density at radius 3 is 2.00 bits per heavy atom. The summed E-state index contributed by atoms with van der Waals surface area (Å²) in [6.07, 6.45) is -0.144. The van der Waals surface area contributed by atoms with E-state index in [0.29, 0.717) is 10.1 Å². The summed E-state index contributed by atoms with van der Waals surface area (Å²) < 4.78 is 5.71. The Labute approximate surface area is 90.7 Å². The van der Waals surface area contributed by atoms with Crippen LogP contribution in [0, 0.1) is 0 Å². The number of carbonyl (C=O) groups is 1. The van der Waals surface area contributed by atoms with Crippen LogP contribution in [0.2, 0.25) is 0 Å². The fourth-order valence-electron chi connectivity index (χ4n) is 0.414. The van der Waals surface area contributed by atoms with Crippen molar-refractivity contribution >= 4 is 5.97 Å². The zero-order valence-corrected chi connectivity index (χ0v) is 10.5. The number of halogens is 1. The van der Waals surface area contributed by atoms with Crippen LogP contribution < -0.4 is 17.0 Å². The second kappa shape index (κ2) is 5.40. The lowest BCUT2D eigenvalue weighted by atomic mass is 10.3. The van der Waals surface area contributed by atoms with E-state index < -0.39 is 0 Å². The molecule has 0 heterocycles. The van der Waals surface area contributed by atoms with E-state index in [4.69, 9.17) is 4.74 Å². The molecule has 4 heteroatoms. The maximum atomic E-state index is 11.1. The summed E-state index contributed by atoms with van der Waals surface area (Å²) in [5.41, 5.74) is 0.440. The standard InChI is InChI=1S/C9H18NO2.BrH/c1-7(2)9(11)12-8(3)10(4,5)6;/h8H,1H2,2-6H3;1H/q+1;/p-1. The monoisotopic (exact) mass is 251 g/mol. The van der Waals surface area contributed by atoms with E-state index in [-0.39, 0.29) is 29.2 Å². The normalized spacial score (nSPS) is 12.7. The van der Waals surface area contributed by atoms with Gasteiger partial charge in [-0.15, -0.1) is 0 Å². The van der Waals surface area contributed by atoms with Crippen molar-refractivity contribution in [1.82, 2.24) is 0 Å². The third-order valence-electron chi connectivity index (χ3n) is 1.72. The van der Waals surface area contributed by atoms with Gasteiger partial charge in [-0.25, -0.2) is 4.79 Å². The first-order chi connectivity index (χ1) is 5.25. The molecule has 3 nitrogen and oxygen atoms in total. The van der Waals surface area contributed by atoms with Crippen molar-refractivity contribution in [3.63, 3.8) is 0 Å². The van der Waals surface area contributed by atoms with Crippen molar-refractivity contribution < 1.29 is 31.0 Å². The van der Waals surface area contributed by atoms with E-state index in [1.807, 2.05) is 28.1 Å². The third-order valence-corrected chi connectivity index (χ3v) is 1.72. The first kappa shape index (κ1) is 15.1. The maximum Gasteiger partial charge on any atom is 0.337 e. The van der Waals surface area contributed by atoms with Crippen molar-refractivity contribution in [2.24, 2.45) is 0 Å². The summed E-state index contributed by atoms with van der Waals surface area (Å²) in [4.78, 5) is 11.1. The highest BCUT2D eigenvalue weighted by Crippen LogP contribution is 2.06. The minimum absolute atomic E-state index is 0. The van der Waals surface area contributed by atoms with Crippen LogP contribution in [0.3, 0.4) is 0 Å². The molecule has 0 fully saturated rings. The Morgan fingerprint density at radius 2 is 1.77 bits per heavy atom. The van der Waals surface area contributed by atoms with E-state index in [9.17, 15) is 4.79 Å². The van der Waals surface area contributed by atoms with Crippen LogP contribution in [-0.2, 0) is 9.53 Å². The van der Waals surface area contributed by atoms with Crippen LogP contribution in [0.15, 0.2) is 12.2 Å². The van der Waals surface area contributed by atoms with Gasteiger partial charge in [-0.3, -0.25) is 4.48 Å². The van der Waals surface area contributed by atoms with Crippen LogP contribution >= 0.6 is 0 Å². The largest absolute Gasteiger partial charge is 1.00 e. The van der Waals surface area contributed by atoms with Gasteiger partial charge in [0, 0.05) is 12.5 Å². The number of nitrogens with zero attached hydrogens (tertiary/aromatic N) is 1. The number of rotatable bonds is 3. The van der Waals surface area contributed by atoms with E-state index in [1.54, 1.807) is 6.92 Å². The lowest BCUT2D eigenvalue weighted by molar-refractivity contribution is -0.914. The van der Waals surface area contributed by atoms with Crippen LogP contribution in [-0.4, -0.2) is 37.8 Å². The van der Waals surface area contributed by atoms with Crippen molar-refractivity contribution in [3.8, 4) is 0 Å². The van der Waals surface area contributed by atoms with Gasteiger partial charge in [0.25, 0.3) is 0 Å². The summed E-state index contributed by atoms with van der Waals surface area (Å²) in [6, 6.07) is 0. The lowest BCUT2D eigenvalue weighted by Crippen LogP contribution is -3.00. The second-order valence-corrected chi connectivity index (χ2v) is 3.90. The van der Waals surface area contributed by atoms with Crippen LogP contribution in [0.1, 0.15) is 13.8 Å².